The third kappa shape index (κ3) is 13.5. The van der Waals surface area contributed by atoms with Crippen LogP contribution in [0.25, 0.3) is 0 Å². The molecule has 1 N–H and O–H groups in total. The molecule has 332 valence electrons. The summed E-state index contributed by atoms with van der Waals surface area (Å²) < 4.78 is 128. The van der Waals surface area contributed by atoms with Crippen molar-refractivity contribution in [2.24, 2.45) is 4.99 Å². The maximum absolute atomic E-state index is 14.9. The van der Waals surface area contributed by atoms with Crippen molar-refractivity contribution in [1.82, 2.24) is 5.32 Å². The molecule has 1 aliphatic rings. The van der Waals surface area contributed by atoms with Crippen LogP contribution in [0.5, 0.6) is 0 Å². The van der Waals surface area contributed by atoms with E-state index in [2.05, 4.69) is 4.99 Å². The average molecular weight is 895 g/mol. The monoisotopic (exact) mass is 894 g/mol. The second-order valence-corrected chi connectivity index (χ2v) is 13.9. The fraction of sp³-hybridized carbons (Fsp3) is 0.349. The molecule has 1 fully saturated rings. The second kappa shape index (κ2) is 22.0. The number of hydrogen-bond acceptors (Lipinski definition) is 11. The van der Waals surface area contributed by atoms with Gasteiger partial charge in [-0.2, -0.15) is 26.3 Å². The molecule has 0 aliphatic carbocycles. The second-order valence-electron chi connectivity index (χ2n) is 13.6. The smallest absolute Gasteiger partial charge is 0.464 e. The van der Waals surface area contributed by atoms with Crippen LogP contribution in [0, 0.1) is 0 Å². The quantitative estimate of drug-likeness (QED) is 0.0351. The SMILES string of the molecule is COC(=O)[C@]1(OC(=Nc2ccccc2)C(F)(F)F)C[C@H](OCc2ccccc2)[C@@H](NC(=O)C(F)(F)F)[C@H]([C@H](OCc2ccccc2)[C@@H](COCc2ccccc2)OC(=O)CCl)O1. The maximum Gasteiger partial charge on any atom is 0.471 e. The van der Waals surface area contributed by atoms with Crippen LogP contribution in [0.4, 0.5) is 32.0 Å². The summed E-state index contributed by atoms with van der Waals surface area (Å²) in [5, 5.41) is 1.83. The molecule has 0 unspecified atom stereocenters. The standard InChI is InChI=1S/C43H41ClF6N2O10/c1-56-40(55)41(62-39(43(48,49)50)51-31-20-12-5-13-21-31)22-32(58-25-29-16-8-3-9-17-29)35(52-38(54)42(45,46)47)37(61-41)36(59-26-30-18-10-4-11-19-30)33(60-34(53)23-44)27-57-24-28-14-6-2-7-15-28/h2-21,32-33,35-37H,22-27H2,1H3,(H,52,54)/t32-,33+,35+,36+,37+,41+/m0/s1. The number of ether oxygens (including phenoxy) is 7. The minimum atomic E-state index is -5.53. The lowest BCUT2D eigenvalue weighted by atomic mass is 9.87. The van der Waals surface area contributed by atoms with Crippen LogP contribution in [0.15, 0.2) is 126 Å². The van der Waals surface area contributed by atoms with Crippen LogP contribution in [0.3, 0.4) is 0 Å². The van der Waals surface area contributed by atoms with Crippen molar-refractivity contribution in [2.75, 3.05) is 19.6 Å². The summed E-state index contributed by atoms with van der Waals surface area (Å²) in [5.41, 5.74) is 1.26. The molecule has 62 heavy (non-hydrogen) atoms. The largest absolute Gasteiger partial charge is 0.471 e. The summed E-state index contributed by atoms with van der Waals surface area (Å²) in [6.45, 7) is -1.52. The number of benzene rings is 4. The van der Waals surface area contributed by atoms with Gasteiger partial charge in [0.05, 0.1) is 57.8 Å². The van der Waals surface area contributed by atoms with E-state index in [1.54, 1.807) is 91.0 Å². The number of para-hydroxylation sites is 1. The van der Waals surface area contributed by atoms with Gasteiger partial charge in [0.25, 0.3) is 0 Å². The minimum absolute atomic E-state index is 0.107. The molecule has 6 atom stereocenters. The highest BCUT2D eigenvalue weighted by Crippen LogP contribution is 2.40. The van der Waals surface area contributed by atoms with E-state index in [0.717, 1.165) is 7.11 Å². The van der Waals surface area contributed by atoms with Gasteiger partial charge in [0.2, 0.25) is 0 Å². The normalized spacial score (nSPS) is 20.4. The Balaban J connectivity index is 1.71. The summed E-state index contributed by atoms with van der Waals surface area (Å²) in [5.74, 6) is -11.2. The van der Waals surface area contributed by atoms with Crippen LogP contribution in [-0.4, -0.2) is 91.9 Å². The van der Waals surface area contributed by atoms with Crippen molar-refractivity contribution >= 4 is 41.0 Å². The van der Waals surface area contributed by atoms with Gasteiger partial charge in [-0.3, -0.25) is 9.59 Å². The van der Waals surface area contributed by atoms with E-state index in [-0.39, 0.29) is 12.3 Å². The number of carbonyl (C=O) groups is 3. The van der Waals surface area contributed by atoms with Crippen LogP contribution < -0.4 is 5.32 Å². The van der Waals surface area contributed by atoms with Crippen molar-refractivity contribution < 1.29 is 73.9 Å². The molecule has 4 aromatic rings. The number of amides is 1. The number of rotatable bonds is 18. The third-order valence-corrected chi connectivity index (χ3v) is 9.38. The molecule has 0 spiro atoms. The molecule has 5 rings (SSSR count). The number of halogens is 7. The Bertz CT molecular complexity index is 2070. The van der Waals surface area contributed by atoms with Crippen molar-refractivity contribution in [2.45, 2.75) is 74.8 Å². The molecule has 1 saturated heterocycles. The molecule has 0 saturated carbocycles. The number of alkyl halides is 7. The van der Waals surface area contributed by atoms with Crippen molar-refractivity contribution in [3.63, 3.8) is 0 Å². The average Bonchev–Trinajstić information content (AvgIpc) is 3.26. The first-order valence-electron chi connectivity index (χ1n) is 18.8. The number of aliphatic imine (C=N–C) groups is 1. The molecule has 0 aromatic heterocycles. The Morgan fingerprint density at radius 3 is 1.84 bits per heavy atom. The van der Waals surface area contributed by atoms with Crippen LogP contribution in [0.1, 0.15) is 23.1 Å². The summed E-state index contributed by atoms with van der Waals surface area (Å²) >= 11 is 5.84. The molecule has 0 radical (unpaired) electrons. The zero-order chi connectivity index (χ0) is 44.8. The number of methoxy groups -OCH3 is 1. The Hall–Kier alpha value is -5.53. The predicted molar refractivity (Wildman–Crippen MR) is 210 cm³/mol. The number of nitrogens with one attached hydrogen (secondary N) is 1. The summed E-state index contributed by atoms with van der Waals surface area (Å²) in [6.07, 6.45) is -19.8. The molecule has 4 aromatic carbocycles. The minimum Gasteiger partial charge on any atom is -0.464 e. The predicted octanol–water partition coefficient (Wildman–Crippen LogP) is 7.54. The first kappa shape index (κ1) is 47.5. The van der Waals surface area contributed by atoms with E-state index in [1.807, 2.05) is 5.32 Å². The fourth-order valence-corrected chi connectivity index (χ4v) is 6.39. The molecule has 1 amide bonds. The van der Waals surface area contributed by atoms with Crippen molar-refractivity contribution in [3.8, 4) is 0 Å². The van der Waals surface area contributed by atoms with Gasteiger partial charge >= 0.3 is 41.9 Å². The number of hydrogen-bond donors (Lipinski definition) is 1. The van der Waals surface area contributed by atoms with Gasteiger partial charge in [-0.1, -0.05) is 109 Å². The molecule has 1 aliphatic heterocycles. The topological polar surface area (TPSA) is 140 Å². The van der Waals surface area contributed by atoms with Gasteiger partial charge in [-0.25, -0.2) is 9.79 Å². The van der Waals surface area contributed by atoms with Crippen LogP contribution in [-0.2, 0) is 67.4 Å². The van der Waals surface area contributed by atoms with Gasteiger partial charge in [-0.05, 0) is 28.8 Å². The lowest BCUT2D eigenvalue weighted by molar-refractivity contribution is -0.305. The van der Waals surface area contributed by atoms with E-state index < -0.39 is 104 Å². The molecule has 12 nitrogen and oxygen atoms in total. The van der Waals surface area contributed by atoms with E-state index in [1.165, 1.54) is 30.3 Å². The van der Waals surface area contributed by atoms with Crippen molar-refractivity contribution in [3.05, 3.63) is 138 Å². The molecule has 1 heterocycles. The number of nitrogens with zero attached hydrogens (tertiary/aromatic N) is 1. The van der Waals surface area contributed by atoms with E-state index in [0.29, 0.717) is 16.7 Å². The Morgan fingerprint density at radius 1 is 0.790 bits per heavy atom. The first-order chi connectivity index (χ1) is 29.6. The highest BCUT2D eigenvalue weighted by atomic mass is 35.5. The zero-order valence-electron chi connectivity index (χ0n) is 32.9. The van der Waals surface area contributed by atoms with Gasteiger partial charge in [-0.15, -0.1) is 11.6 Å². The van der Waals surface area contributed by atoms with E-state index >= 15 is 0 Å². The Morgan fingerprint density at radius 2 is 1.32 bits per heavy atom. The third-order valence-electron chi connectivity index (χ3n) is 9.16. The summed E-state index contributed by atoms with van der Waals surface area (Å²) in [4.78, 5) is 43.4. The van der Waals surface area contributed by atoms with Gasteiger partial charge in [0, 0.05) is 0 Å². The van der Waals surface area contributed by atoms with E-state index in [4.69, 9.17) is 44.8 Å². The molecule has 19 heteroatoms. The van der Waals surface area contributed by atoms with Crippen molar-refractivity contribution in [1.29, 1.82) is 0 Å². The van der Waals surface area contributed by atoms with E-state index in [9.17, 15) is 40.7 Å². The van der Waals surface area contributed by atoms with Gasteiger partial charge in [0.1, 0.15) is 18.1 Å². The van der Waals surface area contributed by atoms with Crippen LogP contribution in [0.2, 0.25) is 0 Å². The maximum atomic E-state index is 14.9. The Kier molecular flexibility index (Phi) is 16.9. The fourth-order valence-electron chi connectivity index (χ4n) is 6.32. The summed E-state index contributed by atoms with van der Waals surface area (Å²) in [6, 6.07) is 29.5. The highest BCUT2D eigenvalue weighted by molar-refractivity contribution is 6.26. The molecular formula is C43H41ClF6N2O10. The van der Waals surface area contributed by atoms with Gasteiger partial charge < -0.3 is 38.5 Å². The van der Waals surface area contributed by atoms with Gasteiger partial charge in [0.15, 0.2) is 6.10 Å². The first-order valence-corrected chi connectivity index (χ1v) is 19.4. The zero-order valence-corrected chi connectivity index (χ0v) is 33.6. The number of esters is 2. The number of carbonyl (C=O) groups excluding carboxylic acids is 3. The highest BCUT2D eigenvalue weighted by Gasteiger charge is 2.62. The molecular weight excluding hydrogens is 854 g/mol. The lowest BCUT2D eigenvalue weighted by Gasteiger charge is -2.49. The Labute approximate surface area is 357 Å². The summed E-state index contributed by atoms with van der Waals surface area (Å²) in [7, 11) is 0.802. The lowest BCUT2D eigenvalue weighted by Crippen LogP contribution is -2.70. The van der Waals surface area contributed by atoms with Crippen LogP contribution >= 0.6 is 11.6 Å². The molecule has 0 bridgehead atoms.